The highest BCUT2D eigenvalue weighted by molar-refractivity contribution is 7.22. The fraction of sp³-hybridized carbons (Fsp3) is 0.278. The Bertz CT molecular complexity index is 791. The van der Waals surface area contributed by atoms with Gasteiger partial charge >= 0.3 is 0 Å². The van der Waals surface area contributed by atoms with Gasteiger partial charge in [-0.05, 0) is 55.0 Å². The molecule has 106 valence electrons. The fourth-order valence-electron chi connectivity index (χ4n) is 3.09. The molecular weight excluding hydrogens is 276 g/mol. The molecule has 0 saturated carbocycles. The zero-order chi connectivity index (χ0) is 14.2. The first-order valence-corrected chi connectivity index (χ1v) is 8.30. The topological polar surface area (TPSA) is 24.9 Å². The maximum Gasteiger partial charge on any atom is 0.184 e. The first kappa shape index (κ1) is 12.8. The zero-order valence-corrected chi connectivity index (χ0v) is 12.9. The van der Waals surface area contributed by atoms with E-state index in [-0.39, 0.29) is 0 Å². The van der Waals surface area contributed by atoms with Crippen LogP contribution in [-0.4, -0.2) is 11.0 Å². The summed E-state index contributed by atoms with van der Waals surface area (Å²) >= 11 is 1.76. The molecule has 1 aliphatic carbocycles. The van der Waals surface area contributed by atoms with Crippen LogP contribution in [0.25, 0.3) is 10.2 Å². The minimum Gasteiger partial charge on any atom is -0.358 e. The molecular formula is C18H18N2S. The van der Waals surface area contributed by atoms with E-state index < -0.39 is 0 Å². The number of hydrogen-bond acceptors (Lipinski definition) is 3. The van der Waals surface area contributed by atoms with Crippen LogP contribution in [0.3, 0.4) is 0 Å². The van der Waals surface area contributed by atoms with Gasteiger partial charge in [0.05, 0.1) is 10.2 Å². The molecule has 1 atom stereocenters. The van der Waals surface area contributed by atoms with Crippen LogP contribution in [-0.2, 0) is 12.8 Å². The molecule has 3 heteroatoms. The molecule has 0 fully saturated rings. The van der Waals surface area contributed by atoms with Gasteiger partial charge in [-0.25, -0.2) is 4.98 Å². The van der Waals surface area contributed by atoms with Crippen LogP contribution in [0.15, 0.2) is 42.5 Å². The van der Waals surface area contributed by atoms with Crippen LogP contribution >= 0.6 is 11.3 Å². The molecule has 3 aromatic rings. The summed E-state index contributed by atoms with van der Waals surface area (Å²) in [7, 11) is 0. The van der Waals surface area contributed by atoms with Crippen LogP contribution < -0.4 is 5.32 Å². The molecule has 4 rings (SSSR count). The number of anilines is 1. The predicted octanol–water partition coefficient (Wildman–Crippen LogP) is 4.57. The Balaban J connectivity index is 1.55. The van der Waals surface area contributed by atoms with Crippen molar-refractivity contribution in [2.45, 2.75) is 32.2 Å². The van der Waals surface area contributed by atoms with Crippen molar-refractivity contribution in [1.82, 2.24) is 4.98 Å². The molecule has 1 heterocycles. The molecule has 0 bridgehead atoms. The summed E-state index contributed by atoms with van der Waals surface area (Å²) < 4.78 is 1.26. The van der Waals surface area contributed by atoms with E-state index in [4.69, 9.17) is 4.98 Å². The number of aromatic nitrogens is 1. The van der Waals surface area contributed by atoms with Crippen LogP contribution in [0.5, 0.6) is 0 Å². The van der Waals surface area contributed by atoms with Crippen molar-refractivity contribution in [3.05, 3.63) is 59.2 Å². The van der Waals surface area contributed by atoms with Crippen LogP contribution in [0.1, 0.15) is 23.1 Å². The van der Waals surface area contributed by atoms with Crippen LogP contribution in [0, 0.1) is 6.92 Å². The van der Waals surface area contributed by atoms with Gasteiger partial charge < -0.3 is 5.32 Å². The van der Waals surface area contributed by atoms with Crippen LogP contribution in [0.2, 0.25) is 0 Å². The molecule has 2 aromatic carbocycles. The number of hydrogen-bond donors (Lipinski definition) is 1. The molecule has 0 aliphatic heterocycles. The molecule has 1 unspecified atom stereocenters. The second-order valence-corrected chi connectivity index (χ2v) is 6.87. The highest BCUT2D eigenvalue weighted by Gasteiger charge is 2.19. The second-order valence-electron chi connectivity index (χ2n) is 5.84. The van der Waals surface area contributed by atoms with E-state index in [0.717, 1.165) is 23.5 Å². The van der Waals surface area contributed by atoms with E-state index in [1.807, 2.05) is 0 Å². The molecule has 2 nitrogen and oxygen atoms in total. The predicted molar refractivity (Wildman–Crippen MR) is 90.2 cm³/mol. The largest absolute Gasteiger partial charge is 0.358 e. The molecule has 21 heavy (non-hydrogen) atoms. The standard InChI is InChI=1S/C18H18N2S/c1-12-6-9-17-16(10-12)20-18(21-17)19-15-8-7-13-4-2-3-5-14(13)11-15/h2-6,9-10,15H,7-8,11H2,1H3,(H,19,20). The summed E-state index contributed by atoms with van der Waals surface area (Å²) in [6.45, 7) is 2.12. The lowest BCUT2D eigenvalue weighted by Crippen LogP contribution is -2.27. The van der Waals surface area contributed by atoms with Gasteiger partial charge in [0.2, 0.25) is 0 Å². The number of fused-ring (bicyclic) bond motifs is 2. The Morgan fingerprint density at radius 3 is 2.90 bits per heavy atom. The van der Waals surface area contributed by atoms with Crippen molar-refractivity contribution >= 4 is 26.7 Å². The van der Waals surface area contributed by atoms with Crippen molar-refractivity contribution in [2.24, 2.45) is 0 Å². The van der Waals surface area contributed by atoms with Crippen molar-refractivity contribution in [3.8, 4) is 0 Å². The zero-order valence-electron chi connectivity index (χ0n) is 12.1. The highest BCUT2D eigenvalue weighted by Crippen LogP contribution is 2.29. The van der Waals surface area contributed by atoms with Gasteiger partial charge in [-0.15, -0.1) is 0 Å². The van der Waals surface area contributed by atoms with E-state index >= 15 is 0 Å². The van der Waals surface area contributed by atoms with Crippen LogP contribution in [0.4, 0.5) is 5.13 Å². The van der Waals surface area contributed by atoms with Gasteiger partial charge in [-0.2, -0.15) is 0 Å². The number of nitrogens with zero attached hydrogens (tertiary/aromatic N) is 1. The van der Waals surface area contributed by atoms with E-state index in [9.17, 15) is 0 Å². The summed E-state index contributed by atoms with van der Waals surface area (Å²) in [5.74, 6) is 0. The SMILES string of the molecule is Cc1ccc2sc(NC3CCc4ccccc4C3)nc2c1. The first-order valence-electron chi connectivity index (χ1n) is 7.48. The molecule has 1 aromatic heterocycles. The second kappa shape index (κ2) is 5.15. The monoisotopic (exact) mass is 294 g/mol. The lowest BCUT2D eigenvalue weighted by molar-refractivity contribution is 0.610. The Morgan fingerprint density at radius 1 is 1.14 bits per heavy atom. The number of nitrogens with one attached hydrogen (secondary N) is 1. The third-order valence-electron chi connectivity index (χ3n) is 4.22. The third-order valence-corrected chi connectivity index (χ3v) is 5.19. The van der Waals surface area contributed by atoms with Crippen molar-refractivity contribution < 1.29 is 0 Å². The highest BCUT2D eigenvalue weighted by atomic mass is 32.1. The quantitative estimate of drug-likeness (QED) is 0.748. The normalized spacial score (nSPS) is 17.7. The average molecular weight is 294 g/mol. The van der Waals surface area contributed by atoms with E-state index in [1.54, 1.807) is 11.3 Å². The number of aryl methyl sites for hydroxylation is 2. The molecule has 0 amide bonds. The Kier molecular flexibility index (Phi) is 3.15. The van der Waals surface area contributed by atoms with E-state index in [1.165, 1.54) is 27.8 Å². The summed E-state index contributed by atoms with van der Waals surface area (Å²) in [6, 6.07) is 15.8. The van der Waals surface area contributed by atoms with E-state index in [0.29, 0.717) is 6.04 Å². The molecule has 1 N–H and O–H groups in total. The summed E-state index contributed by atoms with van der Waals surface area (Å²) in [6.07, 6.45) is 3.45. The fourth-order valence-corrected chi connectivity index (χ4v) is 4.02. The Hall–Kier alpha value is -1.87. The van der Waals surface area contributed by atoms with Gasteiger partial charge in [-0.1, -0.05) is 41.7 Å². The van der Waals surface area contributed by atoms with Gasteiger partial charge in [0, 0.05) is 6.04 Å². The van der Waals surface area contributed by atoms with Gasteiger partial charge in [0.15, 0.2) is 5.13 Å². The lowest BCUT2D eigenvalue weighted by Gasteiger charge is -2.25. The smallest absolute Gasteiger partial charge is 0.184 e. The van der Waals surface area contributed by atoms with Crippen molar-refractivity contribution in [3.63, 3.8) is 0 Å². The maximum absolute atomic E-state index is 4.73. The number of benzene rings is 2. The van der Waals surface area contributed by atoms with Gasteiger partial charge in [0.25, 0.3) is 0 Å². The third kappa shape index (κ3) is 2.54. The summed E-state index contributed by atoms with van der Waals surface area (Å²) in [5.41, 5.74) is 5.37. The first-order chi connectivity index (χ1) is 10.3. The number of rotatable bonds is 2. The maximum atomic E-state index is 4.73. The molecule has 0 radical (unpaired) electrons. The molecule has 1 aliphatic rings. The van der Waals surface area contributed by atoms with Gasteiger partial charge in [-0.3, -0.25) is 0 Å². The summed E-state index contributed by atoms with van der Waals surface area (Å²) in [5, 5.41) is 4.69. The van der Waals surface area contributed by atoms with Gasteiger partial charge in [0.1, 0.15) is 0 Å². The minimum absolute atomic E-state index is 0.501. The summed E-state index contributed by atoms with van der Waals surface area (Å²) in [4.78, 5) is 4.73. The van der Waals surface area contributed by atoms with Crippen molar-refractivity contribution in [1.29, 1.82) is 0 Å². The lowest BCUT2D eigenvalue weighted by atomic mass is 9.88. The minimum atomic E-state index is 0.501. The molecule has 0 spiro atoms. The van der Waals surface area contributed by atoms with Crippen molar-refractivity contribution in [2.75, 3.05) is 5.32 Å². The number of thiazole rings is 1. The Labute approximate surface area is 128 Å². The van der Waals surface area contributed by atoms with E-state index in [2.05, 4.69) is 54.7 Å². The Morgan fingerprint density at radius 2 is 2.00 bits per heavy atom. The molecule has 0 saturated heterocycles. The average Bonchev–Trinajstić information content (AvgIpc) is 2.88.